The lowest BCUT2D eigenvalue weighted by atomic mass is 10.1. The minimum absolute atomic E-state index is 0. The minimum atomic E-state index is 0. The summed E-state index contributed by atoms with van der Waals surface area (Å²) in [5.74, 6) is 3.57. The van der Waals surface area contributed by atoms with Gasteiger partial charge in [0.15, 0.2) is 11.8 Å². The van der Waals surface area contributed by atoms with Crippen LogP contribution in [0.1, 0.15) is 36.5 Å². The topological polar surface area (TPSA) is 76.4 Å². The number of aromatic nitrogens is 3. The fourth-order valence-corrected chi connectivity index (χ4v) is 3.50. The molecule has 1 aliphatic heterocycles. The summed E-state index contributed by atoms with van der Waals surface area (Å²) < 4.78 is 7.42. The number of halogens is 2. The van der Waals surface area contributed by atoms with Gasteiger partial charge in [0, 0.05) is 31.6 Å². The van der Waals surface area contributed by atoms with Crippen molar-refractivity contribution >= 4 is 41.5 Å². The molecule has 0 saturated heterocycles. The smallest absolute Gasteiger partial charge is 0.191 e. The first-order valence-corrected chi connectivity index (χ1v) is 9.77. The van der Waals surface area contributed by atoms with Gasteiger partial charge in [-0.2, -0.15) is 0 Å². The van der Waals surface area contributed by atoms with Crippen molar-refractivity contribution in [2.45, 2.75) is 45.2 Å². The standard InChI is InChI=1S/C19H27ClN6O.HI/c1-21-19(22-10-9-14-7-8-15(27-2)12-16(14)20)23-13-18-25-24-17-6-4-3-5-11-26(17)18;/h7-8,12H,3-6,9-11,13H2,1-2H3,(H2,21,22,23);1H. The van der Waals surface area contributed by atoms with Crippen LogP contribution in [0.25, 0.3) is 0 Å². The zero-order chi connectivity index (χ0) is 19.1. The summed E-state index contributed by atoms with van der Waals surface area (Å²) in [6.45, 7) is 2.33. The van der Waals surface area contributed by atoms with E-state index in [-0.39, 0.29) is 24.0 Å². The van der Waals surface area contributed by atoms with E-state index >= 15 is 0 Å². The van der Waals surface area contributed by atoms with Crippen molar-refractivity contribution in [3.8, 4) is 5.75 Å². The van der Waals surface area contributed by atoms with Crippen LogP contribution in [0.15, 0.2) is 23.2 Å². The first kappa shape index (κ1) is 22.7. The molecule has 0 radical (unpaired) electrons. The van der Waals surface area contributed by atoms with Crippen molar-refractivity contribution in [2.75, 3.05) is 20.7 Å². The summed E-state index contributed by atoms with van der Waals surface area (Å²) in [7, 11) is 3.40. The molecule has 154 valence electrons. The Morgan fingerprint density at radius 1 is 1.25 bits per heavy atom. The molecule has 7 nitrogen and oxygen atoms in total. The Bertz CT molecular complexity index is 795. The van der Waals surface area contributed by atoms with Crippen LogP contribution in [0.4, 0.5) is 0 Å². The second-order valence-electron chi connectivity index (χ2n) is 6.55. The Hall–Kier alpha value is -1.55. The summed E-state index contributed by atoms with van der Waals surface area (Å²) in [4.78, 5) is 4.28. The van der Waals surface area contributed by atoms with Gasteiger partial charge in [0.05, 0.1) is 13.7 Å². The van der Waals surface area contributed by atoms with E-state index in [0.717, 1.165) is 54.9 Å². The molecule has 0 fully saturated rings. The number of methoxy groups -OCH3 is 1. The van der Waals surface area contributed by atoms with Crippen molar-refractivity contribution in [2.24, 2.45) is 4.99 Å². The van der Waals surface area contributed by atoms with Gasteiger partial charge >= 0.3 is 0 Å². The first-order valence-electron chi connectivity index (χ1n) is 9.39. The van der Waals surface area contributed by atoms with Crippen molar-refractivity contribution in [3.63, 3.8) is 0 Å². The van der Waals surface area contributed by atoms with Crippen LogP contribution < -0.4 is 15.4 Å². The molecular formula is C19H28ClIN6O. The molecule has 1 aliphatic rings. The Balaban J connectivity index is 0.00000280. The van der Waals surface area contributed by atoms with Crippen molar-refractivity contribution in [3.05, 3.63) is 40.4 Å². The van der Waals surface area contributed by atoms with Gasteiger partial charge < -0.3 is 19.9 Å². The number of guanidine groups is 1. The lowest BCUT2D eigenvalue weighted by Gasteiger charge is -2.13. The fraction of sp³-hybridized carbons (Fsp3) is 0.526. The first-order chi connectivity index (χ1) is 13.2. The van der Waals surface area contributed by atoms with Crippen LogP contribution in [-0.4, -0.2) is 41.4 Å². The largest absolute Gasteiger partial charge is 0.497 e. The van der Waals surface area contributed by atoms with Crippen LogP contribution in [0.5, 0.6) is 5.75 Å². The molecule has 0 aliphatic carbocycles. The SMILES string of the molecule is CN=C(NCCc1ccc(OC)cc1Cl)NCc1nnc2n1CCCCC2.I. The van der Waals surface area contributed by atoms with Gasteiger partial charge in [0.25, 0.3) is 0 Å². The normalized spacial score (nSPS) is 13.9. The maximum absolute atomic E-state index is 6.30. The van der Waals surface area contributed by atoms with E-state index in [4.69, 9.17) is 16.3 Å². The van der Waals surface area contributed by atoms with Gasteiger partial charge in [-0.3, -0.25) is 4.99 Å². The van der Waals surface area contributed by atoms with Gasteiger partial charge in [-0.25, -0.2) is 0 Å². The van der Waals surface area contributed by atoms with E-state index in [1.54, 1.807) is 14.2 Å². The third-order valence-corrected chi connectivity index (χ3v) is 5.12. The van der Waals surface area contributed by atoms with Gasteiger partial charge in [-0.1, -0.05) is 24.1 Å². The van der Waals surface area contributed by atoms with Gasteiger partial charge in [0.1, 0.15) is 11.6 Å². The van der Waals surface area contributed by atoms with Gasteiger partial charge in [-0.15, -0.1) is 34.2 Å². The number of ether oxygens (including phenoxy) is 1. The maximum atomic E-state index is 6.30. The van der Waals surface area contributed by atoms with Gasteiger partial charge in [-0.05, 0) is 37.0 Å². The quantitative estimate of drug-likeness (QED) is 0.349. The van der Waals surface area contributed by atoms with E-state index in [9.17, 15) is 0 Å². The molecule has 0 unspecified atom stereocenters. The molecule has 0 saturated carbocycles. The zero-order valence-corrected chi connectivity index (χ0v) is 19.5. The van der Waals surface area contributed by atoms with E-state index in [0.29, 0.717) is 11.6 Å². The van der Waals surface area contributed by atoms with Crippen LogP contribution >= 0.6 is 35.6 Å². The van der Waals surface area contributed by atoms with E-state index < -0.39 is 0 Å². The lowest BCUT2D eigenvalue weighted by Crippen LogP contribution is -2.38. The number of nitrogens with zero attached hydrogens (tertiary/aromatic N) is 4. The molecule has 2 heterocycles. The van der Waals surface area contributed by atoms with Crippen molar-refractivity contribution in [1.82, 2.24) is 25.4 Å². The number of aryl methyl sites for hydroxylation is 1. The second-order valence-corrected chi connectivity index (χ2v) is 6.96. The number of benzene rings is 1. The molecule has 1 aromatic heterocycles. The predicted molar refractivity (Wildman–Crippen MR) is 123 cm³/mol. The summed E-state index contributed by atoms with van der Waals surface area (Å²) >= 11 is 6.30. The van der Waals surface area contributed by atoms with Crippen molar-refractivity contribution < 1.29 is 4.74 Å². The number of hydrogen-bond donors (Lipinski definition) is 2. The highest BCUT2D eigenvalue weighted by Gasteiger charge is 2.14. The van der Waals surface area contributed by atoms with Crippen LogP contribution in [0.3, 0.4) is 0 Å². The number of fused-ring (bicyclic) bond motifs is 1. The van der Waals surface area contributed by atoms with E-state index in [1.165, 1.54) is 19.3 Å². The summed E-state index contributed by atoms with van der Waals surface area (Å²) in [6, 6.07) is 5.75. The number of nitrogens with one attached hydrogen (secondary N) is 2. The summed E-state index contributed by atoms with van der Waals surface area (Å²) in [6.07, 6.45) is 5.45. The third kappa shape index (κ3) is 5.97. The highest BCUT2D eigenvalue weighted by Crippen LogP contribution is 2.22. The molecule has 2 aromatic rings. The molecule has 3 rings (SSSR count). The Morgan fingerprint density at radius 2 is 2.11 bits per heavy atom. The zero-order valence-electron chi connectivity index (χ0n) is 16.4. The summed E-state index contributed by atoms with van der Waals surface area (Å²) in [5, 5.41) is 16.0. The molecular weight excluding hydrogens is 491 g/mol. The Labute approximate surface area is 188 Å². The highest BCUT2D eigenvalue weighted by molar-refractivity contribution is 14.0. The van der Waals surface area contributed by atoms with Gasteiger partial charge in [0.2, 0.25) is 0 Å². The van der Waals surface area contributed by atoms with Crippen LogP contribution in [0.2, 0.25) is 5.02 Å². The molecule has 1 aromatic carbocycles. The van der Waals surface area contributed by atoms with Crippen LogP contribution in [0, 0.1) is 0 Å². The highest BCUT2D eigenvalue weighted by atomic mass is 127. The molecule has 0 bridgehead atoms. The maximum Gasteiger partial charge on any atom is 0.191 e. The minimum Gasteiger partial charge on any atom is -0.497 e. The fourth-order valence-electron chi connectivity index (χ4n) is 3.23. The molecule has 9 heteroatoms. The molecule has 28 heavy (non-hydrogen) atoms. The Morgan fingerprint density at radius 3 is 2.86 bits per heavy atom. The lowest BCUT2D eigenvalue weighted by molar-refractivity contribution is 0.414. The van der Waals surface area contributed by atoms with Crippen LogP contribution in [-0.2, 0) is 25.9 Å². The average molecular weight is 519 g/mol. The number of rotatable bonds is 6. The van der Waals surface area contributed by atoms with E-state index in [1.807, 2.05) is 18.2 Å². The molecule has 0 spiro atoms. The molecule has 0 amide bonds. The monoisotopic (exact) mass is 518 g/mol. The Kier molecular flexibility index (Phi) is 9.30. The number of aliphatic imine (C=N–C) groups is 1. The average Bonchev–Trinajstić information content (AvgIpc) is 2.91. The third-order valence-electron chi connectivity index (χ3n) is 4.77. The molecule has 2 N–H and O–H groups in total. The van der Waals surface area contributed by atoms with E-state index in [2.05, 4.69) is 30.4 Å². The summed E-state index contributed by atoms with van der Waals surface area (Å²) in [5.41, 5.74) is 1.07. The van der Waals surface area contributed by atoms with Crippen molar-refractivity contribution in [1.29, 1.82) is 0 Å². The predicted octanol–water partition coefficient (Wildman–Crippen LogP) is 3.19. The second kappa shape index (κ2) is 11.5. The number of hydrogen-bond acceptors (Lipinski definition) is 4. The molecule has 0 atom stereocenters.